The third-order valence-electron chi connectivity index (χ3n) is 3.82. The quantitative estimate of drug-likeness (QED) is 0.661. The lowest BCUT2D eigenvalue weighted by molar-refractivity contribution is 0.961. The standard InChI is InChI=1S/C18H18/c1-12-9-13(2)18-16(10-12)11-14(3)17(18)15-7-5-4-6-8-15/h4-11,17H,1-3H3. The number of hydrogen-bond acceptors (Lipinski definition) is 0. The Morgan fingerprint density at radius 1 is 0.889 bits per heavy atom. The first kappa shape index (κ1) is 11.3. The summed E-state index contributed by atoms with van der Waals surface area (Å²) < 4.78 is 0. The van der Waals surface area contributed by atoms with Gasteiger partial charge in [0.25, 0.3) is 0 Å². The second-order valence-electron chi connectivity index (χ2n) is 5.32. The van der Waals surface area contributed by atoms with E-state index >= 15 is 0 Å². The molecule has 1 atom stereocenters. The molecule has 1 unspecified atom stereocenters. The molecule has 3 rings (SSSR count). The summed E-state index contributed by atoms with van der Waals surface area (Å²) in [5.41, 5.74) is 8.50. The summed E-state index contributed by atoms with van der Waals surface area (Å²) in [5, 5.41) is 0. The summed E-state index contributed by atoms with van der Waals surface area (Å²) in [7, 11) is 0. The van der Waals surface area contributed by atoms with Crippen LogP contribution < -0.4 is 0 Å². The van der Waals surface area contributed by atoms with E-state index in [2.05, 4.69) is 69.3 Å². The molecule has 1 aliphatic rings. The minimum absolute atomic E-state index is 0.446. The number of hydrogen-bond donors (Lipinski definition) is 0. The molecule has 0 nitrogen and oxygen atoms in total. The van der Waals surface area contributed by atoms with Crippen molar-refractivity contribution in [2.45, 2.75) is 26.7 Å². The summed E-state index contributed by atoms with van der Waals surface area (Å²) in [6.07, 6.45) is 2.34. The molecule has 0 radical (unpaired) electrons. The fraction of sp³-hybridized carbons (Fsp3) is 0.222. The fourth-order valence-electron chi connectivity index (χ4n) is 3.16. The van der Waals surface area contributed by atoms with Gasteiger partial charge in [0.2, 0.25) is 0 Å². The summed E-state index contributed by atoms with van der Waals surface area (Å²) >= 11 is 0. The Bertz CT molecular complexity index is 618. The second-order valence-corrected chi connectivity index (χ2v) is 5.32. The van der Waals surface area contributed by atoms with Gasteiger partial charge in [-0.15, -0.1) is 0 Å². The van der Waals surface area contributed by atoms with Crippen LogP contribution in [0.15, 0.2) is 48.0 Å². The zero-order valence-electron chi connectivity index (χ0n) is 11.2. The lowest BCUT2D eigenvalue weighted by Crippen LogP contribution is -2.02. The number of aryl methyl sites for hydroxylation is 2. The second kappa shape index (κ2) is 4.13. The predicted molar refractivity (Wildman–Crippen MR) is 77.9 cm³/mol. The highest BCUT2D eigenvalue weighted by Crippen LogP contribution is 2.42. The van der Waals surface area contributed by atoms with Gasteiger partial charge in [-0.05, 0) is 43.0 Å². The highest BCUT2D eigenvalue weighted by Gasteiger charge is 2.25. The predicted octanol–water partition coefficient (Wildman–Crippen LogP) is 4.85. The van der Waals surface area contributed by atoms with Crippen molar-refractivity contribution >= 4 is 6.08 Å². The molecule has 0 spiro atoms. The van der Waals surface area contributed by atoms with E-state index < -0.39 is 0 Å². The maximum Gasteiger partial charge on any atom is 0.0308 e. The number of benzene rings is 2. The molecule has 90 valence electrons. The fourth-order valence-corrected chi connectivity index (χ4v) is 3.16. The first-order chi connectivity index (χ1) is 8.66. The van der Waals surface area contributed by atoms with Gasteiger partial charge in [-0.1, -0.05) is 59.7 Å². The van der Waals surface area contributed by atoms with Gasteiger partial charge in [0.05, 0.1) is 0 Å². The molecule has 2 aromatic rings. The first-order valence-corrected chi connectivity index (χ1v) is 6.51. The van der Waals surface area contributed by atoms with E-state index in [1.165, 1.54) is 33.4 Å². The Morgan fingerprint density at radius 3 is 2.33 bits per heavy atom. The summed E-state index contributed by atoms with van der Waals surface area (Å²) in [4.78, 5) is 0. The minimum atomic E-state index is 0.446. The minimum Gasteiger partial charge on any atom is -0.0622 e. The van der Waals surface area contributed by atoms with Crippen LogP contribution >= 0.6 is 0 Å². The van der Waals surface area contributed by atoms with Gasteiger partial charge in [0, 0.05) is 5.92 Å². The van der Waals surface area contributed by atoms with Crippen LogP contribution in [0.3, 0.4) is 0 Å². The molecule has 0 fully saturated rings. The van der Waals surface area contributed by atoms with Crippen LogP contribution in [-0.2, 0) is 0 Å². The van der Waals surface area contributed by atoms with E-state index in [1.54, 1.807) is 0 Å². The van der Waals surface area contributed by atoms with Crippen LogP contribution in [0.25, 0.3) is 6.08 Å². The van der Waals surface area contributed by atoms with Crippen LogP contribution in [0.1, 0.15) is 40.7 Å². The van der Waals surface area contributed by atoms with Crippen molar-refractivity contribution in [3.63, 3.8) is 0 Å². The molecule has 2 aromatic carbocycles. The van der Waals surface area contributed by atoms with E-state index in [9.17, 15) is 0 Å². The molecule has 0 saturated heterocycles. The SMILES string of the molecule is CC1=Cc2cc(C)cc(C)c2C1c1ccccc1. The van der Waals surface area contributed by atoms with Crippen molar-refractivity contribution in [3.05, 3.63) is 75.9 Å². The van der Waals surface area contributed by atoms with Crippen LogP contribution in [0.2, 0.25) is 0 Å². The van der Waals surface area contributed by atoms with Crippen molar-refractivity contribution in [2.75, 3.05) is 0 Å². The van der Waals surface area contributed by atoms with Gasteiger partial charge in [0.15, 0.2) is 0 Å². The molecule has 0 saturated carbocycles. The van der Waals surface area contributed by atoms with E-state index in [-0.39, 0.29) is 0 Å². The zero-order valence-corrected chi connectivity index (χ0v) is 11.2. The van der Waals surface area contributed by atoms with Crippen LogP contribution in [0, 0.1) is 13.8 Å². The van der Waals surface area contributed by atoms with Gasteiger partial charge in [0.1, 0.15) is 0 Å². The summed E-state index contributed by atoms with van der Waals surface area (Å²) in [5.74, 6) is 0.446. The van der Waals surface area contributed by atoms with Crippen LogP contribution in [0.5, 0.6) is 0 Å². The number of rotatable bonds is 1. The van der Waals surface area contributed by atoms with E-state index in [1.807, 2.05) is 0 Å². The summed E-state index contributed by atoms with van der Waals surface area (Å²) in [6, 6.07) is 15.4. The Balaban J connectivity index is 2.19. The Kier molecular flexibility index (Phi) is 2.59. The van der Waals surface area contributed by atoms with Crippen molar-refractivity contribution in [1.29, 1.82) is 0 Å². The maximum atomic E-state index is 2.34. The molecule has 0 bridgehead atoms. The number of allylic oxidation sites excluding steroid dienone is 1. The van der Waals surface area contributed by atoms with Crippen molar-refractivity contribution in [3.8, 4) is 0 Å². The molecule has 0 aromatic heterocycles. The van der Waals surface area contributed by atoms with Gasteiger partial charge >= 0.3 is 0 Å². The first-order valence-electron chi connectivity index (χ1n) is 6.51. The smallest absolute Gasteiger partial charge is 0.0308 e. The number of fused-ring (bicyclic) bond motifs is 1. The van der Waals surface area contributed by atoms with Gasteiger partial charge in [-0.2, -0.15) is 0 Å². The molecule has 0 N–H and O–H groups in total. The molecule has 0 heteroatoms. The van der Waals surface area contributed by atoms with Crippen molar-refractivity contribution < 1.29 is 0 Å². The monoisotopic (exact) mass is 234 g/mol. The van der Waals surface area contributed by atoms with Gasteiger partial charge < -0.3 is 0 Å². The summed E-state index contributed by atoms with van der Waals surface area (Å²) in [6.45, 7) is 6.65. The van der Waals surface area contributed by atoms with E-state index in [0.717, 1.165) is 0 Å². The normalized spacial score (nSPS) is 17.5. The van der Waals surface area contributed by atoms with Crippen LogP contribution in [0.4, 0.5) is 0 Å². The zero-order chi connectivity index (χ0) is 12.7. The molecule has 18 heavy (non-hydrogen) atoms. The van der Waals surface area contributed by atoms with Crippen molar-refractivity contribution in [1.82, 2.24) is 0 Å². The Hall–Kier alpha value is -1.82. The third kappa shape index (κ3) is 1.69. The highest BCUT2D eigenvalue weighted by atomic mass is 14.3. The lowest BCUT2D eigenvalue weighted by Gasteiger charge is -2.17. The average molecular weight is 234 g/mol. The highest BCUT2D eigenvalue weighted by molar-refractivity contribution is 5.71. The topological polar surface area (TPSA) is 0 Å². The molecular formula is C18H18. The Morgan fingerprint density at radius 2 is 1.61 bits per heavy atom. The Labute approximate surface area is 109 Å². The molecule has 1 aliphatic carbocycles. The van der Waals surface area contributed by atoms with Gasteiger partial charge in [-0.25, -0.2) is 0 Å². The van der Waals surface area contributed by atoms with Crippen molar-refractivity contribution in [2.24, 2.45) is 0 Å². The third-order valence-corrected chi connectivity index (χ3v) is 3.82. The average Bonchev–Trinajstić information content (AvgIpc) is 2.66. The molecule has 0 heterocycles. The maximum absolute atomic E-state index is 2.34. The van der Waals surface area contributed by atoms with Crippen LogP contribution in [-0.4, -0.2) is 0 Å². The van der Waals surface area contributed by atoms with E-state index in [0.29, 0.717) is 5.92 Å². The van der Waals surface area contributed by atoms with E-state index in [4.69, 9.17) is 0 Å². The lowest BCUT2D eigenvalue weighted by atomic mass is 9.86. The molecule has 0 amide bonds. The molecular weight excluding hydrogens is 216 g/mol. The largest absolute Gasteiger partial charge is 0.0622 e. The van der Waals surface area contributed by atoms with Gasteiger partial charge in [-0.3, -0.25) is 0 Å². The molecule has 0 aliphatic heterocycles.